The highest BCUT2D eigenvalue weighted by Gasteiger charge is 2.33. The quantitative estimate of drug-likeness (QED) is 0.349. The number of hydrogen-bond donors (Lipinski definition) is 0. The molecule has 0 spiro atoms. The molecule has 0 saturated heterocycles. The predicted molar refractivity (Wildman–Crippen MR) is 128 cm³/mol. The number of ether oxygens (including phenoxy) is 3. The number of hydrogen-bond acceptors (Lipinski definition) is 6. The summed E-state index contributed by atoms with van der Waals surface area (Å²) in [6.07, 6.45) is 1.64. The van der Waals surface area contributed by atoms with Gasteiger partial charge in [-0.25, -0.2) is 9.18 Å². The number of carbonyl (C=O) groups is 3. The van der Waals surface area contributed by atoms with E-state index in [4.69, 9.17) is 14.2 Å². The van der Waals surface area contributed by atoms with E-state index in [0.29, 0.717) is 35.8 Å². The van der Waals surface area contributed by atoms with Crippen LogP contribution in [-0.4, -0.2) is 48.4 Å². The van der Waals surface area contributed by atoms with Crippen LogP contribution in [0.15, 0.2) is 66.7 Å². The van der Waals surface area contributed by atoms with Crippen LogP contribution in [0.2, 0.25) is 0 Å². The van der Waals surface area contributed by atoms with Crippen LogP contribution in [0.3, 0.4) is 0 Å². The van der Waals surface area contributed by atoms with Gasteiger partial charge in [-0.1, -0.05) is 36.4 Å². The van der Waals surface area contributed by atoms with Gasteiger partial charge in [-0.2, -0.15) is 0 Å². The van der Waals surface area contributed by atoms with Gasteiger partial charge in [0.25, 0.3) is 5.91 Å². The maximum Gasteiger partial charge on any atom is 0.339 e. The van der Waals surface area contributed by atoms with Gasteiger partial charge in [0.05, 0.1) is 5.56 Å². The van der Waals surface area contributed by atoms with Gasteiger partial charge in [-0.05, 0) is 43.2 Å². The number of nitrogens with zero attached hydrogens (tertiary/aromatic N) is 1. The number of fused-ring (bicyclic) bond motifs is 1. The number of benzene rings is 3. The lowest BCUT2D eigenvalue weighted by atomic mass is 9.98. The topological polar surface area (TPSA) is 82.1 Å². The number of ketones is 1. The van der Waals surface area contributed by atoms with E-state index in [2.05, 4.69) is 0 Å². The zero-order valence-electron chi connectivity index (χ0n) is 19.4. The molecular weight excluding hydrogens is 465 g/mol. The van der Waals surface area contributed by atoms with E-state index in [0.717, 1.165) is 12.8 Å². The third-order valence-electron chi connectivity index (χ3n) is 6.13. The van der Waals surface area contributed by atoms with E-state index in [-0.39, 0.29) is 35.3 Å². The fourth-order valence-electron chi connectivity index (χ4n) is 4.10. The highest BCUT2D eigenvalue weighted by Crippen LogP contribution is 2.32. The van der Waals surface area contributed by atoms with Gasteiger partial charge in [0.2, 0.25) is 0 Å². The Morgan fingerprint density at radius 1 is 0.889 bits per heavy atom. The Hall–Kier alpha value is -4.20. The van der Waals surface area contributed by atoms with Gasteiger partial charge >= 0.3 is 5.97 Å². The van der Waals surface area contributed by atoms with Crippen LogP contribution in [0.25, 0.3) is 0 Å². The van der Waals surface area contributed by atoms with E-state index >= 15 is 0 Å². The fourth-order valence-corrected chi connectivity index (χ4v) is 4.10. The molecule has 0 atom stereocenters. The molecule has 184 valence electrons. The average molecular weight is 489 g/mol. The molecule has 1 amide bonds. The minimum absolute atomic E-state index is 0.000111. The number of amides is 1. The van der Waals surface area contributed by atoms with Gasteiger partial charge in [0, 0.05) is 29.3 Å². The minimum Gasteiger partial charge on any atom is -0.486 e. The van der Waals surface area contributed by atoms with E-state index in [1.807, 2.05) is 0 Å². The monoisotopic (exact) mass is 489 g/mol. The summed E-state index contributed by atoms with van der Waals surface area (Å²) >= 11 is 0. The van der Waals surface area contributed by atoms with Crippen molar-refractivity contribution >= 4 is 17.7 Å². The van der Waals surface area contributed by atoms with E-state index in [1.165, 1.54) is 23.1 Å². The summed E-state index contributed by atoms with van der Waals surface area (Å²) < 4.78 is 30.5. The van der Waals surface area contributed by atoms with Crippen molar-refractivity contribution in [3.05, 3.63) is 94.8 Å². The van der Waals surface area contributed by atoms with Gasteiger partial charge in [0.15, 0.2) is 23.9 Å². The summed E-state index contributed by atoms with van der Waals surface area (Å²) in [6, 6.07) is 17.4. The lowest BCUT2D eigenvalue weighted by Gasteiger charge is -2.22. The Kier molecular flexibility index (Phi) is 6.66. The van der Waals surface area contributed by atoms with Crippen molar-refractivity contribution in [2.75, 3.05) is 19.8 Å². The molecule has 5 rings (SSSR count). The molecule has 7 nitrogen and oxygen atoms in total. The molecule has 1 aliphatic carbocycles. The lowest BCUT2D eigenvalue weighted by Crippen LogP contribution is -2.36. The van der Waals surface area contributed by atoms with Crippen molar-refractivity contribution < 1.29 is 33.0 Å². The van der Waals surface area contributed by atoms with Crippen molar-refractivity contribution in [3.8, 4) is 11.5 Å². The molecule has 36 heavy (non-hydrogen) atoms. The van der Waals surface area contributed by atoms with E-state index in [1.54, 1.807) is 48.5 Å². The summed E-state index contributed by atoms with van der Waals surface area (Å²) in [5.74, 6) is -0.951. The SMILES string of the molecule is O=C(OCC(=O)N(Cc1ccccc1F)C1CC1)c1ccccc1C(=O)c1ccc2c(c1)OCCO2. The minimum atomic E-state index is -0.786. The summed E-state index contributed by atoms with van der Waals surface area (Å²) in [4.78, 5) is 40.6. The Morgan fingerprint density at radius 3 is 2.33 bits per heavy atom. The molecule has 0 aromatic heterocycles. The fraction of sp³-hybridized carbons (Fsp3) is 0.250. The molecular formula is C28H24FNO6. The molecule has 3 aromatic rings. The molecule has 0 N–H and O–H groups in total. The van der Waals surface area contributed by atoms with Crippen LogP contribution in [0, 0.1) is 5.82 Å². The number of halogens is 1. The van der Waals surface area contributed by atoms with Gasteiger partial charge in [0.1, 0.15) is 19.0 Å². The van der Waals surface area contributed by atoms with Gasteiger partial charge in [-0.15, -0.1) is 0 Å². The molecule has 0 radical (unpaired) electrons. The first-order chi connectivity index (χ1) is 17.5. The number of esters is 1. The van der Waals surface area contributed by atoms with Crippen molar-refractivity contribution in [2.45, 2.75) is 25.4 Å². The molecule has 2 aliphatic rings. The van der Waals surface area contributed by atoms with Crippen LogP contribution in [0.4, 0.5) is 4.39 Å². The van der Waals surface area contributed by atoms with Gasteiger partial charge in [-0.3, -0.25) is 9.59 Å². The molecule has 0 bridgehead atoms. The number of carbonyl (C=O) groups excluding carboxylic acids is 3. The van der Waals surface area contributed by atoms with Gasteiger partial charge < -0.3 is 19.1 Å². The van der Waals surface area contributed by atoms with Crippen LogP contribution in [0.5, 0.6) is 11.5 Å². The van der Waals surface area contributed by atoms with E-state index in [9.17, 15) is 18.8 Å². The summed E-state index contributed by atoms with van der Waals surface area (Å²) in [5.41, 5.74) is 0.939. The Balaban J connectivity index is 1.28. The third-order valence-corrected chi connectivity index (χ3v) is 6.13. The second kappa shape index (κ2) is 10.2. The first-order valence-corrected chi connectivity index (χ1v) is 11.7. The molecule has 1 aliphatic heterocycles. The second-order valence-electron chi connectivity index (χ2n) is 8.65. The Bertz CT molecular complexity index is 1320. The zero-order valence-corrected chi connectivity index (χ0v) is 19.4. The van der Waals surface area contributed by atoms with Crippen molar-refractivity contribution in [2.24, 2.45) is 0 Å². The van der Waals surface area contributed by atoms with Crippen LogP contribution in [0.1, 0.15) is 44.7 Å². The maximum absolute atomic E-state index is 14.1. The molecule has 0 unspecified atom stereocenters. The average Bonchev–Trinajstić information content (AvgIpc) is 3.76. The molecule has 8 heteroatoms. The highest BCUT2D eigenvalue weighted by atomic mass is 19.1. The van der Waals surface area contributed by atoms with Crippen molar-refractivity contribution in [1.29, 1.82) is 0 Å². The van der Waals surface area contributed by atoms with E-state index < -0.39 is 18.5 Å². The molecule has 3 aromatic carbocycles. The Morgan fingerprint density at radius 2 is 1.58 bits per heavy atom. The first-order valence-electron chi connectivity index (χ1n) is 11.7. The lowest BCUT2D eigenvalue weighted by molar-refractivity contribution is -0.135. The van der Waals surface area contributed by atoms with Crippen LogP contribution >= 0.6 is 0 Å². The summed E-state index contributed by atoms with van der Waals surface area (Å²) in [6.45, 7) is 0.422. The first kappa shape index (κ1) is 23.5. The van der Waals surface area contributed by atoms with Crippen LogP contribution in [-0.2, 0) is 16.1 Å². The maximum atomic E-state index is 14.1. The van der Waals surface area contributed by atoms with Crippen LogP contribution < -0.4 is 9.47 Å². The Labute approximate surface area is 207 Å². The molecule has 1 heterocycles. The molecule has 1 fully saturated rings. The predicted octanol–water partition coefficient (Wildman–Crippen LogP) is 4.18. The van der Waals surface area contributed by atoms with Crippen molar-refractivity contribution in [1.82, 2.24) is 4.90 Å². The molecule has 1 saturated carbocycles. The normalized spacial score (nSPS) is 14.1. The summed E-state index contributed by atoms with van der Waals surface area (Å²) in [7, 11) is 0. The second-order valence-corrected chi connectivity index (χ2v) is 8.65. The van der Waals surface area contributed by atoms with Crippen molar-refractivity contribution in [3.63, 3.8) is 0 Å². The largest absolute Gasteiger partial charge is 0.486 e. The smallest absolute Gasteiger partial charge is 0.339 e. The third kappa shape index (κ3) is 5.07. The zero-order chi connectivity index (χ0) is 25.1. The standard InChI is InChI=1S/C28H24FNO6/c29-23-8-4-1-5-19(23)16-30(20-10-11-20)26(31)17-36-28(33)22-7-3-2-6-21(22)27(32)18-9-12-24-25(15-18)35-14-13-34-24/h1-9,12,15,20H,10-11,13-14,16-17H2. The number of rotatable bonds is 8. The highest BCUT2D eigenvalue weighted by molar-refractivity contribution is 6.14. The summed E-state index contributed by atoms with van der Waals surface area (Å²) in [5, 5.41) is 0.